The van der Waals surface area contributed by atoms with E-state index in [1.54, 1.807) is 7.11 Å². The third-order valence-corrected chi connectivity index (χ3v) is 4.42. The van der Waals surface area contributed by atoms with Crippen molar-refractivity contribution in [3.05, 3.63) is 101 Å². The molecule has 5 nitrogen and oxygen atoms in total. The van der Waals surface area contributed by atoms with E-state index in [9.17, 15) is 0 Å². The Morgan fingerprint density at radius 1 is 0.793 bits per heavy atom. The van der Waals surface area contributed by atoms with Gasteiger partial charge in [0.15, 0.2) is 5.96 Å². The monoisotopic (exact) mass is 389 g/mol. The smallest absolute Gasteiger partial charge is 0.193 e. The predicted octanol–water partition coefficient (Wildman–Crippen LogP) is 4.48. The molecule has 0 bridgehead atoms. The van der Waals surface area contributed by atoms with E-state index in [4.69, 9.17) is 15.2 Å². The molecule has 0 saturated carbocycles. The maximum atomic E-state index is 6.05. The molecule has 3 N–H and O–H groups in total. The maximum absolute atomic E-state index is 6.05. The first-order chi connectivity index (χ1) is 14.2. The summed E-state index contributed by atoms with van der Waals surface area (Å²) in [6, 6.07) is 26.3. The zero-order valence-electron chi connectivity index (χ0n) is 16.7. The van der Waals surface area contributed by atoms with Gasteiger partial charge in [-0.05, 0) is 22.8 Å². The lowest BCUT2D eigenvalue weighted by atomic mass is 10.1. The van der Waals surface area contributed by atoms with Crippen LogP contribution < -0.4 is 11.1 Å². The highest BCUT2D eigenvalue weighted by atomic mass is 16.5. The highest BCUT2D eigenvalue weighted by Gasteiger charge is 2.03. The molecule has 0 radical (unpaired) electrons. The number of nitrogens with one attached hydrogen (secondary N) is 1. The summed E-state index contributed by atoms with van der Waals surface area (Å²) in [6.07, 6.45) is 0. The molecular weight excluding hydrogens is 362 g/mol. The van der Waals surface area contributed by atoms with Crippen LogP contribution in [0.1, 0.15) is 22.3 Å². The second-order valence-corrected chi connectivity index (χ2v) is 6.71. The lowest BCUT2D eigenvalue weighted by Gasteiger charge is -2.11. The van der Waals surface area contributed by atoms with Gasteiger partial charge in [-0.2, -0.15) is 0 Å². The number of ether oxygens (including phenoxy) is 2. The zero-order chi connectivity index (χ0) is 20.3. The Morgan fingerprint density at radius 2 is 1.41 bits per heavy atom. The topological polar surface area (TPSA) is 68.9 Å². The number of guanidine groups is 1. The van der Waals surface area contributed by atoms with Crippen molar-refractivity contribution in [1.29, 1.82) is 0 Å². The molecule has 3 aromatic carbocycles. The van der Waals surface area contributed by atoms with E-state index in [1.807, 2.05) is 42.5 Å². The van der Waals surface area contributed by atoms with Gasteiger partial charge >= 0.3 is 0 Å². The van der Waals surface area contributed by atoms with Crippen LogP contribution in [0, 0.1) is 0 Å². The Labute approximate surface area is 172 Å². The van der Waals surface area contributed by atoms with Gasteiger partial charge in [0.05, 0.1) is 26.4 Å². The van der Waals surface area contributed by atoms with Crippen molar-refractivity contribution in [2.75, 3.05) is 12.4 Å². The van der Waals surface area contributed by atoms with E-state index in [1.165, 1.54) is 5.56 Å². The summed E-state index contributed by atoms with van der Waals surface area (Å²) in [5.74, 6) is 0.379. The third-order valence-electron chi connectivity index (χ3n) is 4.42. The summed E-state index contributed by atoms with van der Waals surface area (Å²) < 4.78 is 11.0. The largest absolute Gasteiger partial charge is 0.380 e. The first-order valence-electron chi connectivity index (χ1n) is 9.58. The summed E-state index contributed by atoms with van der Waals surface area (Å²) >= 11 is 0. The maximum Gasteiger partial charge on any atom is 0.193 e. The van der Waals surface area contributed by atoms with Gasteiger partial charge in [-0.25, -0.2) is 4.99 Å². The van der Waals surface area contributed by atoms with E-state index < -0.39 is 0 Å². The molecule has 0 aromatic heterocycles. The SMILES string of the molecule is COCc1ccccc1NC(N)=NCc1ccc(COCc2ccccc2)cc1. The van der Waals surface area contributed by atoms with Gasteiger partial charge in [0, 0.05) is 18.4 Å². The summed E-state index contributed by atoms with van der Waals surface area (Å²) in [4.78, 5) is 4.43. The Balaban J connectivity index is 1.49. The van der Waals surface area contributed by atoms with E-state index in [0.29, 0.717) is 32.3 Å². The number of methoxy groups -OCH3 is 1. The minimum absolute atomic E-state index is 0.379. The number of nitrogens with zero attached hydrogens (tertiary/aromatic N) is 1. The Bertz CT molecular complexity index is 909. The lowest BCUT2D eigenvalue weighted by molar-refractivity contribution is 0.107. The van der Waals surface area contributed by atoms with Crippen molar-refractivity contribution in [1.82, 2.24) is 0 Å². The molecule has 0 unspecified atom stereocenters. The van der Waals surface area contributed by atoms with Crippen molar-refractivity contribution in [2.24, 2.45) is 10.7 Å². The Hall–Kier alpha value is -3.15. The number of aliphatic imine (C=N–C) groups is 1. The van der Waals surface area contributed by atoms with Crippen molar-refractivity contribution in [3.63, 3.8) is 0 Å². The van der Waals surface area contributed by atoms with Gasteiger partial charge in [0.2, 0.25) is 0 Å². The number of nitrogens with two attached hydrogens (primary N) is 1. The summed E-state index contributed by atoms with van der Waals surface area (Å²) in [5.41, 5.74) is 11.4. The second-order valence-electron chi connectivity index (χ2n) is 6.71. The minimum atomic E-state index is 0.379. The van der Waals surface area contributed by atoms with Gasteiger partial charge in [0.25, 0.3) is 0 Å². The third kappa shape index (κ3) is 6.75. The quantitative estimate of drug-likeness (QED) is 0.418. The van der Waals surface area contributed by atoms with Gasteiger partial charge in [-0.3, -0.25) is 0 Å². The van der Waals surface area contributed by atoms with Crippen LogP contribution in [-0.2, 0) is 35.8 Å². The number of benzene rings is 3. The van der Waals surface area contributed by atoms with Crippen LogP contribution in [0.2, 0.25) is 0 Å². The molecule has 0 aliphatic carbocycles. The van der Waals surface area contributed by atoms with E-state index in [0.717, 1.165) is 22.4 Å². The first-order valence-corrected chi connectivity index (χ1v) is 9.58. The first kappa shape index (κ1) is 20.6. The fourth-order valence-corrected chi connectivity index (χ4v) is 2.88. The van der Waals surface area contributed by atoms with Gasteiger partial charge in [-0.15, -0.1) is 0 Å². The predicted molar refractivity (Wildman–Crippen MR) is 117 cm³/mol. The number of para-hydroxylation sites is 1. The summed E-state index contributed by atoms with van der Waals surface area (Å²) in [5, 5.41) is 3.15. The van der Waals surface area contributed by atoms with Gasteiger partial charge < -0.3 is 20.5 Å². The fourth-order valence-electron chi connectivity index (χ4n) is 2.88. The molecule has 29 heavy (non-hydrogen) atoms. The highest BCUT2D eigenvalue weighted by molar-refractivity contribution is 5.92. The summed E-state index contributed by atoms with van der Waals surface area (Å²) in [7, 11) is 1.67. The standard InChI is InChI=1S/C24H27N3O2/c1-28-18-22-9-5-6-10-23(22)27-24(25)26-15-19-11-13-21(14-12-19)17-29-16-20-7-3-2-4-8-20/h2-14H,15-18H2,1H3,(H3,25,26,27). The van der Waals surface area contributed by atoms with Crippen molar-refractivity contribution < 1.29 is 9.47 Å². The van der Waals surface area contributed by atoms with Crippen molar-refractivity contribution in [2.45, 2.75) is 26.4 Å². The lowest BCUT2D eigenvalue weighted by Crippen LogP contribution is -2.23. The number of rotatable bonds is 9. The van der Waals surface area contributed by atoms with Crippen LogP contribution in [0.3, 0.4) is 0 Å². The molecule has 5 heteroatoms. The molecular formula is C24H27N3O2. The average Bonchev–Trinajstić information content (AvgIpc) is 2.75. The molecule has 0 aliphatic rings. The van der Waals surface area contributed by atoms with Crippen LogP contribution >= 0.6 is 0 Å². The molecule has 150 valence electrons. The normalized spacial score (nSPS) is 11.4. The highest BCUT2D eigenvalue weighted by Crippen LogP contribution is 2.15. The zero-order valence-corrected chi connectivity index (χ0v) is 16.7. The second kappa shape index (κ2) is 11.0. The average molecular weight is 389 g/mol. The van der Waals surface area contributed by atoms with E-state index in [-0.39, 0.29) is 0 Å². The van der Waals surface area contributed by atoms with Crippen molar-refractivity contribution >= 4 is 11.6 Å². The molecule has 0 fully saturated rings. The van der Waals surface area contributed by atoms with E-state index >= 15 is 0 Å². The number of anilines is 1. The Morgan fingerprint density at radius 3 is 2.14 bits per heavy atom. The fraction of sp³-hybridized carbons (Fsp3) is 0.208. The van der Waals surface area contributed by atoms with Crippen LogP contribution in [0.25, 0.3) is 0 Å². The molecule has 0 amide bonds. The van der Waals surface area contributed by atoms with E-state index in [2.05, 4.69) is 46.7 Å². The Kier molecular flexibility index (Phi) is 7.81. The van der Waals surface area contributed by atoms with Crippen LogP contribution in [0.4, 0.5) is 5.69 Å². The molecule has 0 atom stereocenters. The van der Waals surface area contributed by atoms with Crippen molar-refractivity contribution in [3.8, 4) is 0 Å². The van der Waals surface area contributed by atoms with Crippen LogP contribution in [0.5, 0.6) is 0 Å². The minimum Gasteiger partial charge on any atom is -0.380 e. The van der Waals surface area contributed by atoms with Crippen LogP contribution in [-0.4, -0.2) is 13.1 Å². The summed E-state index contributed by atoms with van der Waals surface area (Å²) in [6.45, 7) is 2.22. The number of hydrogen-bond donors (Lipinski definition) is 2. The van der Waals surface area contributed by atoms with Crippen LogP contribution in [0.15, 0.2) is 83.9 Å². The van der Waals surface area contributed by atoms with Gasteiger partial charge in [-0.1, -0.05) is 72.8 Å². The molecule has 0 heterocycles. The molecule has 3 aromatic rings. The molecule has 0 spiro atoms. The molecule has 3 rings (SSSR count). The van der Waals surface area contributed by atoms with Gasteiger partial charge in [0.1, 0.15) is 0 Å². The molecule has 0 aliphatic heterocycles. The molecule has 0 saturated heterocycles. The number of hydrogen-bond acceptors (Lipinski definition) is 3.